The molecule has 1 aliphatic rings. The Morgan fingerprint density at radius 2 is 2.26 bits per heavy atom. The Labute approximate surface area is 111 Å². The molecule has 1 amide bonds. The third-order valence-electron chi connectivity index (χ3n) is 3.63. The molecule has 1 aromatic carbocycles. The summed E-state index contributed by atoms with van der Waals surface area (Å²) in [5.74, 6) is 0.980. The monoisotopic (exact) mass is 256 g/mol. The number of benzene rings is 1. The SMILES string of the molecule is Cc1nc(-c2ccc3c(c2)CC(=O)N3)c(CN)n1C. The summed E-state index contributed by atoms with van der Waals surface area (Å²) in [4.78, 5) is 16.0. The molecule has 19 heavy (non-hydrogen) atoms. The van der Waals surface area contributed by atoms with Crippen LogP contribution < -0.4 is 11.1 Å². The molecule has 0 aliphatic carbocycles. The number of hydrogen-bond donors (Lipinski definition) is 2. The topological polar surface area (TPSA) is 72.9 Å². The minimum absolute atomic E-state index is 0.0448. The number of hydrogen-bond acceptors (Lipinski definition) is 3. The molecule has 2 heterocycles. The molecule has 1 aromatic heterocycles. The van der Waals surface area contributed by atoms with Crippen molar-refractivity contribution in [3.63, 3.8) is 0 Å². The molecule has 0 atom stereocenters. The first-order chi connectivity index (χ1) is 9.10. The van der Waals surface area contributed by atoms with Crippen molar-refractivity contribution in [3.05, 3.63) is 35.3 Å². The van der Waals surface area contributed by atoms with E-state index >= 15 is 0 Å². The van der Waals surface area contributed by atoms with Crippen LogP contribution in [0.25, 0.3) is 11.3 Å². The van der Waals surface area contributed by atoms with Crippen LogP contribution in [0.2, 0.25) is 0 Å². The van der Waals surface area contributed by atoms with Crippen molar-refractivity contribution in [2.75, 3.05) is 5.32 Å². The number of nitrogens with zero attached hydrogens (tertiary/aromatic N) is 2. The van der Waals surface area contributed by atoms with Gasteiger partial charge in [-0.15, -0.1) is 0 Å². The lowest BCUT2D eigenvalue weighted by Gasteiger charge is -2.05. The molecule has 1 aliphatic heterocycles. The molecular formula is C14H16N4O. The van der Waals surface area contributed by atoms with Crippen LogP contribution in [0.5, 0.6) is 0 Å². The van der Waals surface area contributed by atoms with Crippen molar-refractivity contribution in [1.29, 1.82) is 0 Å². The summed E-state index contributed by atoms with van der Waals surface area (Å²) in [5, 5.41) is 2.83. The quantitative estimate of drug-likeness (QED) is 0.851. The number of aryl methyl sites for hydroxylation is 1. The number of fused-ring (bicyclic) bond motifs is 1. The molecule has 5 nitrogen and oxygen atoms in total. The molecule has 0 saturated heterocycles. The summed E-state index contributed by atoms with van der Waals surface area (Å²) in [6, 6.07) is 5.93. The van der Waals surface area contributed by atoms with Gasteiger partial charge in [-0.05, 0) is 24.6 Å². The summed E-state index contributed by atoms with van der Waals surface area (Å²) in [5.41, 5.74) is 10.7. The van der Waals surface area contributed by atoms with Crippen molar-refractivity contribution in [2.45, 2.75) is 19.9 Å². The number of nitrogens with two attached hydrogens (primary N) is 1. The number of amides is 1. The lowest BCUT2D eigenvalue weighted by Crippen LogP contribution is -2.05. The molecule has 0 unspecified atom stereocenters. The number of rotatable bonds is 2. The predicted molar refractivity (Wildman–Crippen MR) is 73.6 cm³/mol. The van der Waals surface area contributed by atoms with Crippen molar-refractivity contribution in [2.24, 2.45) is 12.8 Å². The third kappa shape index (κ3) is 1.82. The van der Waals surface area contributed by atoms with Crippen LogP contribution in [0.4, 0.5) is 5.69 Å². The molecule has 0 saturated carbocycles. The van der Waals surface area contributed by atoms with Crippen LogP contribution in [-0.2, 0) is 24.8 Å². The molecule has 0 spiro atoms. The zero-order valence-corrected chi connectivity index (χ0v) is 11.0. The average Bonchev–Trinajstić information content (AvgIpc) is 2.89. The number of anilines is 1. The molecule has 2 aromatic rings. The second kappa shape index (κ2) is 4.20. The number of aromatic nitrogens is 2. The van der Waals surface area contributed by atoms with Crippen molar-refractivity contribution >= 4 is 11.6 Å². The van der Waals surface area contributed by atoms with Gasteiger partial charge in [0.25, 0.3) is 0 Å². The van der Waals surface area contributed by atoms with Crippen LogP contribution >= 0.6 is 0 Å². The second-order valence-electron chi connectivity index (χ2n) is 4.81. The average molecular weight is 256 g/mol. The van der Waals surface area contributed by atoms with Crippen LogP contribution in [0.3, 0.4) is 0 Å². The minimum atomic E-state index is 0.0448. The third-order valence-corrected chi connectivity index (χ3v) is 3.63. The highest BCUT2D eigenvalue weighted by Gasteiger charge is 2.20. The van der Waals surface area contributed by atoms with E-state index in [0.717, 1.165) is 34.0 Å². The molecule has 0 bridgehead atoms. The smallest absolute Gasteiger partial charge is 0.228 e. The van der Waals surface area contributed by atoms with E-state index in [2.05, 4.69) is 10.3 Å². The van der Waals surface area contributed by atoms with E-state index in [1.807, 2.05) is 36.7 Å². The normalized spacial score (nSPS) is 13.5. The molecular weight excluding hydrogens is 240 g/mol. The summed E-state index contributed by atoms with van der Waals surface area (Å²) in [6.45, 7) is 2.40. The lowest BCUT2D eigenvalue weighted by molar-refractivity contribution is -0.115. The van der Waals surface area contributed by atoms with Crippen molar-refractivity contribution in [1.82, 2.24) is 9.55 Å². The fourth-order valence-corrected chi connectivity index (χ4v) is 2.50. The first-order valence-corrected chi connectivity index (χ1v) is 6.25. The van der Waals surface area contributed by atoms with Gasteiger partial charge in [-0.1, -0.05) is 6.07 Å². The maximum Gasteiger partial charge on any atom is 0.228 e. The van der Waals surface area contributed by atoms with Gasteiger partial charge in [0.15, 0.2) is 0 Å². The number of carbonyl (C=O) groups is 1. The van der Waals surface area contributed by atoms with Gasteiger partial charge in [-0.25, -0.2) is 4.98 Å². The van der Waals surface area contributed by atoms with Gasteiger partial charge in [0.2, 0.25) is 5.91 Å². The maximum absolute atomic E-state index is 11.4. The first kappa shape index (κ1) is 11.9. The molecule has 3 rings (SSSR count). The van der Waals surface area contributed by atoms with E-state index in [1.54, 1.807) is 0 Å². The van der Waals surface area contributed by atoms with E-state index in [0.29, 0.717) is 13.0 Å². The van der Waals surface area contributed by atoms with Crippen LogP contribution in [0, 0.1) is 6.92 Å². The van der Waals surface area contributed by atoms with Crippen LogP contribution in [-0.4, -0.2) is 15.5 Å². The highest BCUT2D eigenvalue weighted by Crippen LogP contribution is 2.30. The maximum atomic E-state index is 11.4. The number of imidazole rings is 1. The Hall–Kier alpha value is -2.14. The first-order valence-electron chi connectivity index (χ1n) is 6.25. The Morgan fingerprint density at radius 3 is 3.00 bits per heavy atom. The Bertz CT molecular complexity index is 672. The van der Waals surface area contributed by atoms with E-state index in [4.69, 9.17) is 5.73 Å². The Balaban J connectivity index is 2.11. The van der Waals surface area contributed by atoms with E-state index < -0.39 is 0 Å². The van der Waals surface area contributed by atoms with Gasteiger partial charge in [0.05, 0.1) is 17.8 Å². The van der Waals surface area contributed by atoms with Gasteiger partial charge in [-0.3, -0.25) is 4.79 Å². The van der Waals surface area contributed by atoms with Gasteiger partial charge in [0.1, 0.15) is 5.82 Å². The summed E-state index contributed by atoms with van der Waals surface area (Å²) in [7, 11) is 1.96. The van der Waals surface area contributed by atoms with Crippen LogP contribution in [0.15, 0.2) is 18.2 Å². The van der Waals surface area contributed by atoms with E-state index in [-0.39, 0.29) is 5.91 Å². The van der Waals surface area contributed by atoms with Crippen molar-refractivity contribution in [3.8, 4) is 11.3 Å². The molecule has 98 valence electrons. The largest absolute Gasteiger partial charge is 0.334 e. The zero-order chi connectivity index (χ0) is 13.6. The lowest BCUT2D eigenvalue weighted by atomic mass is 10.0. The van der Waals surface area contributed by atoms with Crippen LogP contribution in [0.1, 0.15) is 17.1 Å². The molecule has 5 heteroatoms. The summed E-state index contributed by atoms with van der Waals surface area (Å²) >= 11 is 0. The fourth-order valence-electron chi connectivity index (χ4n) is 2.50. The Kier molecular flexibility index (Phi) is 2.64. The summed E-state index contributed by atoms with van der Waals surface area (Å²) in [6.07, 6.45) is 0.437. The Morgan fingerprint density at radius 1 is 1.47 bits per heavy atom. The van der Waals surface area contributed by atoms with E-state index in [1.165, 1.54) is 0 Å². The van der Waals surface area contributed by atoms with Gasteiger partial charge >= 0.3 is 0 Å². The van der Waals surface area contributed by atoms with Gasteiger partial charge < -0.3 is 15.6 Å². The molecule has 0 radical (unpaired) electrons. The number of nitrogens with one attached hydrogen (secondary N) is 1. The van der Waals surface area contributed by atoms with Crippen molar-refractivity contribution < 1.29 is 4.79 Å². The molecule has 0 fully saturated rings. The highest BCUT2D eigenvalue weighted by atomic mass is 16.1. The fraction of sp³-hybridized carbons (Fsp3) is 0.286. The predicted octanol–water partition coefficient (Wildman–Crippen LogP) is 1.35. The summed E-state index contributed by atoms with van der Waals surface area (Å²) < 4.78 is 2.01. The standard InChI is InChI=1S/C14H16N4O/c1-8-16-14(12(7-15)18(8)2)9-3-4-11-10(5-9)6-13(19)17-11/h3-5H,6-7,15H2,1-2H3,(H,17,19). The number of carbonyl (C=O) groups excluding carboxylic acids is 1. The highest BCUT2D eigenvalue weighted by molar-refractivity contribution is 5.99. The molecule has 3 N–H and O–H groups in total. The van der Waals surface area contributed by atoms with Gasteiger partial charge in [0, 0.05) is 24.8 Å². The second-order valence-corrected chi connectivity index (χ2v) is 4.81. The zero-order valence-electron chi connectivity index (χ0n) is 11.0. The van der Waals surface area contributed by atoms with Gasteiger partial charge in [-0.2, -0.15) is 0 Å². The minimum Gasteiger partial charge on any atom is -0.334 e. The van der Waals surface area contributed by atoms with E-state index in [9.17, 15) is 4.79 Å².